The SMILES string of the molecule is CC(=O)N1C[C@H]2CN(C(=O)c3ccc(-c4ccn[nH]4)cc3)C[C@H]2[C@@H]1c1ccccc1. The van der Waals surface area contributed by atoms with E-state index in [0.29, 0.717) is 31.1 Å². The molecule has 0 spiro atoms. The minimum absolute atomic E-state index is 0.0363. The lowest BCUT2D eigenvalue weighted by Crippen LogP contribution is -2.36. The molecule has 2 aromatic carbocycles. The quantitative estimate of drug-likeness (QED) is 0.733. The van der Waals surface area contributed by atoms with Crippen LogP contribution in [-0.4, -0.2) is 51.4 Å². The third-order valence-corrected chi connectivity index (χ3v) is 6.44. The van der Waals surface area contributed by atoms with Gasteiger partial charge < -0.3 is 9.80 Å². The number of H-pyrrole nitrogens is 1. The van der Waals surface area contributed by atoms with Crippen LogP contribution >= 0.6 is 0 Å². The van der Waals surface area contributed by atoms with Gasteiger partial charge in [-0.1, -0.05) is 42.5 Å². The van der Waals surface area contributed by atoms with E-state index in [0.717, 1.165) is 16.8 Å². The molecule has 3 aromatic rings. The molecule has 3 atom stereocenters. The Morgan fingerprint density at radius 3 is 2.40 bits per heavy atom. The van der Waals surface area contributed by atoms with Gasteiger partial charge in [-0.25, -0.2) is 0 Å². The lowest BCUT2D eigenvalue weighted by Gasteiger charge is -2.29. The fraction of sp³-hybridized carbons (Fsp3) is 0.292. The predicted octanol–water partition coefficient (Wildman–Crippen LogP) is 3.37. The number of nitrogens with one attached hydrogen (secondary N) is 1. The zero-order valence-electron chi connectivity index (χ0n) is 16.9. The molecule has 5 rings (SSSR count). The summed E-state index contributed by atoms with van der Waals surface area (Å²) in [6, 6.07) is 19.8. The van der Waals surface area contributed by atoms with E-state index >= 15 is 0 Å². The van der Waals surface area contributed by atoms with Crippen LogP contribution < -0.4 is 0 Å². The second-order valence-electron chi connectivity index (χ2n) is 8.21. The van der Waals surface area contributed by atoms with Crippen molar-refractivity contribution in [2.75, 3.05) is 19.6 Å². The molecular weight excluding hydrogens is 376 g/mol. The number of hydrogen-bond acceptors (Lipinski definition) is 3. The molecular formula is C24H24N4O2. The number of likely N-dealkylation sites (tertiary alicyclic amines) is 2. The Kier molecular flexibility index (Phi) is 4.62. The van der Waals surface area contributed by atoms with Crippen LogP contribution in [-0.2, 0) is 4.79 Å². The smallest absolute Gasteiger partial charge is 0.253 e. The molecule has 0 unspecified atom stereocenters. The summed E-state index contributed by atoms with van der Waals surface area (Å²) >= 11 is 0. The van der Waals surface area contributed by atoms with Crippen LogP contribution in [0.1, 0.15) is 28.9 Å². The van der Waals surface area contributed by atoms with Gasteiger partial charge in [0, 0.05) is 50.2 Å². The van der Waals surface area contributed by atoms with E-state index in [2.05, 4.69) is 22.3 Å². The van der Waals surface area contributed by atoms with Crippen molar-refractivity contribution in [3.63, 3.8) is 0 Å². The van der Waals surface area contributed by atoms with E-state index in [4.69, 9.17) is 0 Å². The second kappa shape index (κ2) is 7.44. The first-order chi connectivity index (χ1) is 14.6. The first-order valence-electron chi connectivity index (χ1n) is 10.3. The molecule has 1 N–H and O–H groups in total. The number of benzene rings is 2. The summed E-state index contributed by atoms with van der Waals surface area (Å²) in [5, 5.41) is 6.91. The van der Waals surface area contributed by atoms with E-state index < -0.39 is 0 Å². The van der Waals surface area contributed by atoms with Gasteiger partial charge >= 0.3 is 0 Å². The number of amides is 2. The highest BCUT2D eigenvalue weighted by molar-refractivity contribution is 5.95. The number of fused-ring (bicyclic) bond motifs is 1. The zero-order valence-corrected chi connectivity index (χ0v) is 16.9. The van der Waals surface area contributed by atoms with E-state index in [-0.39, 0.29) is 23.8 Å². The van der Waals surface area contributed by atoms with Crippen LogP contribution in [0.25, 0.3) is 11.3 Å². The summed E-state index contributed by atoms with van der Waals surface area (Å²) < 4.78 is 0. The van der Waals surface area contributed by atoms with Gasteiger partial charge in [-0.3, -0.25) is 14.7 Å². The number of carbonyl (C=O) groups is 2. The lowest BCUT2D eigenvalue weighted by molar-refractivity contribution is -0.130. The van der Waals surface area contributed by atoms with E-state index in [9.17, 15) is 9.59 Å². The molecule has 152 valence electrons. The summed E-state index contributed by atoms with van der Waals surface area (Å²) in [7, 11) is 0. The monoisotopic (exact) mass is 400 g/mol. The third kappa shape index (κ3) is 3.18. The standard InChI is InChI=1S/C24H24N4O2/c1-16(29)28-14-20-13-27(15-21(20)23(28)18-5-3-2-4-6-18)24(30)19-9-7-17(8-10-19)22-11-12-25-26-22/h2-12,20-21,23H,13-15H2,1H3,(H,25,26)/t20-,21-,23+/m1/s1. The summed E-state index contributed by atoms with van der Waals surface area (Å²) in [6.07, 6.45) is 1.71. The van der Waals surface area contributed by atoms with Crippen molar-refractivity contribution in [2.24, 2.45) is 11.8 Å². The van der Waals surface area contributed by atoms with Crippen LogP contribution in [0.3, 0.4) is 0 Å². The number of aromatic nitrogens is 2. The van der Waals surface area contributed by atoms with Gasteiger partial charge in [0.1, 0.15) is 0 Å². The molecule has 2 aliphatic rings. The maximum absolute atomic E-state index is 13.2. The molecule has 0 bridgehead atoms. The van der Waals surface area contributed by atoms with Crippen LogP contribution in [0.2, 0.25) is 0 Å². The number of nitrogens with zero attached hydrogens (tertiary/aromatic N) is 3. The molecule has 30 heavy (non-hydrogen) atoms. The Bertz CT molecular complexity index is 1050. The topological polar surface area (TPSA) is 69.3 Å². The molecule has 2 saturated heterocycles. The number of rotatable bonds is 3. The van der Waals surface area contributed by atoms with Gasteiger partial charge in [0.2, 0.25) is 5.91 Å². The molecule has 2 fully saturated rings. The first kappa shape index (κ1) is 18.6. The van der Waals surface area contributed by atoms with Gasteiger partial charge in [0.25, 0.3) is 5.91 Å². The van der Waals surface area contributed by atoms with Crippen LogP contribution in [0, 0.1) is 11.8 Å². The van der Waals surface area contributed by atoms with Gasteiger partial charge in [-0.2, -0.15) is 5.10 Å². The summed E-state index contributed by atoms with van der Waals surface area (Å²) in [5.74, 6) is 0.740. The van der Waals surface area contributed by atoms with Crippen molar-refractivity contribution in [1.29, 1.82) is 0 Å². The normalized spacial score (nSPS) is 22.9. The van der Waals surface area contributed by atoms with E-state index in [1.54, 1.807) is 13.1 Å². The maximum atomic E-state index is 13.2. The molecule has 0 saturated carbocycles. The van der Waals surface area contributed by atoms with Crippen molar-refractivity contribution < 1.29 is 9.59 Å². The maximum Gasteiger partial charge on any atom is 0.253 e. The van der Waals surface area contributed by atoms with Crippen molar-refractivity contribution in [2.45, 2.75) is 13.0 Å². The summed E-state index contributed by atoms with van der Waals surface area (Å²) in [6.45, 7) is 3.72. The van der Waals surface area contributed by atoms with Gasteiger partial charge in [-0.05, 0) is 29.3 Å². The van der Waals surface area contributed by atoms with Crippen molar-refractivity contribution in [3.8, 4) is 11.3 Å². The molecule has 0 radical (unpaired) electrons. The molecule has 6 heteroatoms. The van der Waals surface area contributed by atoms with E-state index in [1.165, 1.54) is 0 Å². The highest BCUT2D eigenvalue weighted by Crippen LogP contribution is 2.45. The van der Waals surface area contributed by atoms with Gasteiger partial charge in [0.15, 0.2) is 0 Å². The van der Waals surface area contributed by atoms with Gasteiger partial charge in [-0.15, -0.1) is 0 Å². The first-order valence-corrected chi connectivity index (χ1v) is 10.3. The van der Waals surface area contributed by atoms with E-state index in [1.807, 2.05) is 58.3 Å². The third-order valence-electron chi connectivity index (χ3n) is 6.44. The fourth-order valence-corrected chi connectivity index (χ4v) is 5.00. The summed E-state index contributed by atoms with van der Waals surface area (Å²) in [5.41, 5.74) is 3.78. The highest BCUT2D eigenvalue weighted by atomic mass is 16.2. The Morgan fingerprint density at radius 1 is 0.967 bits per heavy atom. The van der Waals surface area contributed by atoms with Crippen LogP contribution in [0.5, 0.6) is 0 Å². The highest BCUT2D eigenvalue weighted by Gasteiger charge is 2.49. The van der Waals surface area contributed by atoms with Crippen molar-refractivity contribution in [3.05, 3.63) is 78.0 Å². The van der Waals surface area contributed by atoms with Crippen molar-refractivity contribution in [1.82, 2.24) is 20.0 Å². The zero-order chi connectivity index (χ0) is 20.7. The van der Waals surface area contributed by atoms with Crippen LogP contribution in [0.15, 0.2) is 66.9 Å². The number of aromatic amines is 1. The average Bonchev–Trinajstić information content (AvgIpc) is 3.50. The fourth-order valence-electron chi connectivity index (χ4n) is 5.00. The summed E-state index contributed by atoms with van der Waals surface area (Å²) in [4.78, 5) is 29.4. The Morgan fingerprint density at radius 2 is 1.73 bits per heavy atom. The average molecular weight is 400 g/mol. The molecule has 2 aliphatic heterocycles. The second-order valence-corrected chi connectivity index (χ2v) is 8.21. The molecule has 0 aliphatic carbocycles. The molecule has 2 amide bonds. The minimum atomic E-state index is 0.0363. The van der Waals surface area contributed by atoms with Crippen LogP contribution in [0.4, 0.5) is 0 Å². The Hall–Kier alpha value is -3.41. The Balaban J connectivity index is 1.35. The minimum Gasteiger partial charge on any atom is -0.338 e. The largest absolute Gasteiger partial charge is 0.338 e. The van der Waals surface area contributed by atoms with Crippen molar-refractivity contribution >= 4 is 11.8 Å². The lowest BCUT2D eigenvalue weighted by atomic mass is 9.89. The van der Waals surface area contributed by atoms with Gasteiger partial charge in [0.05, 0.1) is 11.7 Å². The number of hydrogen-bond donors (Lipinski definition) is 1. The Labute approximate surface area is 175 Å². The predicted molar refractivity (Wildman–Crippen MR) is 113 cm³/mol. The molecule has 1 aromatic heterocycles. The number of carbonyl (C=O) groups excluding carboxylic acids is 2. The molecule has 3 heterocycles. The molecule has 6 nitrogen and oxygen atoms in total.